The van der Waals surface area contributed by atoms with E-state index in [4.69, 9.17) is 16.7 Å². The molecule has 0 bridgehead atoms. The monoisotopic (exact) mass is 407 g/mol. The van der Waals surface area contributed by atoms with Crippen molar-refractivity contribution in [1.29, 1.82) is 0 Å². The van der Waals surface area contributed by atoms with Crippen LogP contribution in [0.15, 0.2) is 53.1 Å². The van der Waals surface area contributed by atoms with Crippen molar-refractivity contribution in [3.8, 4) is 11.4 Å². The minimum absolute atomic E-state index is 0.156. The lowest BCUT2D eigenvalue weighted by Gasteiger charge is -2.17. The Morgan fingerprint density at radius 1 is 1.24 bits per heavy atom. The minimum atomic E-state index is 0.156. The van der Waals surface area contributed by atoms with Crippen molar-refractivity contribution in [2.75, 3.05) is 16.8 Å². The van der Waals surface area contributed by atoms with E-state index in [9.17, 15) is 4.79 Å². The minimum Gasteiger partial charge on any atom is -0.353 e. The van der Waals surface area contributed by atoms with Gasteiger partial charge in [-0.3, -0.25) is 4.79 Å². The Kier molecular flexibility index (Phi) is 5.53. The molecule has 7 nitrogen and oxygen atoms in total. The molecule has 4 rings (SSSR count). The number of nitrogens with zero attached hydrogens (tertiary/aromatic N) is 3. The number of amides is 1. The molecule has 2 heterocycles. The van der Waals surface area contributed by atoms with Crippen LogP contribution in [0.2, 0.25) is 0 Å². The summed E-state index contributed by atoms with van der Waals surface area (Å²) >= 11 is 5.36. The highest BCUT2D eigenvalue weighted by Crippen LogP contribution is 2.24. The van der Waals surface area contributed by atoms with Crippen LogP contribution in [0.1, 0.15) is 24.3 Å². The van der Waals surface area contributed by atoms with E-state index in [-0.39, 0.29) is 5.91 Å². The van der Waals surface area contributed by atoms with Gasteiger partial charge in [0.15, 0.2) is 5.11 Å². The van der Waals surface area contributed by atoms with Crippen LogP contribution >= 0.6 is 12.2 Å². The summed E-state index contributed by atoms with van der Waals surface area (Å²) in [5.41, 5.74) is 3.71. The van der Waals surface area contributed by atoms with E-state index in [1.54, 1.807) is 4.90 Å². The molecule has 1 saturated heterocycles. The number of nitrogens with one attached hydrogen (secondary N) is 2. The molecule has 1 aliphatic heterocycles. The third-order valence-electron chi connectivity index (χ3n) is 4.74. The molecule has 0 unspecified atom stereocenters. The second kappa shape index (κ2) is 8.40. The molecule has 0 spiro atoms. The summed E-state index contributed by atoms with van der Waals surface area (Å²) in [5.74, 6) is 1.16. The van der Waals surface area contributed by atoms with Gasteiger partial charge < -0.3 is 20.1 Å². The van der Waals surface area contributed by atoms with Gasteiger partial charge in [-0.25, -0.2) is 0 Å². The SMILES string of the molecule is Cc1ccccc1-c1noc(CNC(=S)Nc2cccc(N3CCCC3=O)c2)n1. The number of hydrogen-bond donors (Lipinski definition) is 2. The Bertz CT molecular complexity index is 1050. The van der Waals surface area contributed by atoms with Crippen molar-refractivity contribution < 1.29 is 9.32 Å². The molecule has 0 radical (unpaired) electrons. The number of anilines is 2. The first-order valence-corrected chi connectivity index (χ1v) is 9.85. The number of aryl methyl sites for hydroxylation is 1. The summed E-state index contributed by atoms with van der Waals surface area (Å²) < 4.78 is 5.32. The van der Waals surface area contributed by atoms with Crippen molar-refractivity contribution in [3.63, 3.8) is 0 Å². The molecule has 1 aliphatic rings. The predicted octanol–water partition coefficient (Wildman–Crippen LogP) is 3.66. The van der Waals surface area contributed by atoms with Crippen molar-refractivity contribution in [2.24, 2.45) is 0 Å². The number of hydrogen-bond acceptors (Lipinski definition) is 5. The molecule has 3 aromatic rings. The Morgan fingerprint density at radius 3 is 2.90 bits per heavy atom. The molecule has 8 heteroatoms. The molecule has 0 aliphatic carbocycles. The third-order valence-corrected chi connectivity index (χ3v) is 4.99. The summed E-state index contributed by atoms with van der Waals surface area (Å²) in [6, 6.07) is 15.5. The normalized spacial score (nSPS) is 13.6. The number of benzene rings is 2. The van der Waals surface area contributed by atoms with Crippen LogP contribution < -0.4 is 15.5 Å². The molecule has 29 heavy (non-hydrogen) atoms. The van der Waals surface area contributed by atoms with Gasteiger partial charge in [0.25, 0.3) is 0 Å². The fourth-order valence-electron chi connectivity index (χ4n) is 3.26. The van der Waals surface area contributed by atoms with E-state index in [1.165, 1.54) is 0 Å². The first-order chi connectivity index (χ1) is 14.1. The lowest BCUT2D eigenvalue weighted by atomic mass is 10.1. The van der Waals surface area contributed by atoms with Gasteiger partial charge in [0, 0.05) is 29.9 Å². The van der Waals surface area contributed by atoms with Crippen LogP contribution in [0.25, 0.3) is 11.4 Å². The van der Waals surface area contributed by atoms with Gasteiger partial charge in [0.1, 0.15) is 0 Å². The van der Waals surface area contributed by atoms with Crippen molar-refractivity contribution in [3.05, 3.63) is 60.0 Å². The highest BCUT2D eigenvalue weighted by Gasteiger charge is 2.21. The van der Waals surface area contributed by atoms with Crippen LogP contribution in [0.5, 0.6) is 0 Å². The third kappa shape index (κ3) is 4.43. The van der Waals surface area contributed by atoms with Crippen LogP contribution in [0, 0.1) is 6.92 Å². The van der Waals surface area contributed by atoms with Crippen LogP contribution in [-0.4, -0.2) is 27.7 Å². The molecule has 1 amide bonds. The van der Waals surface area contributed by atoms with Crippen molar-refractivity contribution >= 4 is 34.6 Å². The maximum Gasteiger partial charge on any atom is 0.246 e. The van der Waals surface area contributed by atoms with Gasteiger partial charge in [-0.2, -0.15) is 4.98 Å². The Labute approximate surface area is 174 Å². The smallest absolute Gasteiger partial charge is 0.246 e. The first kappa shape index (κ1) is 19.1. The number of carbonyl (C=O) groups excluding carboxylic acids is 1. The number of thiocarbonyl (C=S) groups is 1. The quantitative estimate of drug-likeness (QED) is 0.625. The molecule has 1 fully saturated rings. The summed E-state index contributed by atoms with van der Waals surface area (Å²) in [7, 11) is 0. The van der Waals surface area contributed by atoms with Gasteiger partial charge in [-0.1, -0.05) is 35.5 Å². The van der Waals surface area contributed by atoms with Gasteiger partial charge >= 0.3 is 0 Å². The molecule has 148 valence electrons. The number of carbonyl (C=O) groups is 1. The van der Waals surface area contributed by atoms with Crippen LogP contribution in [0.3, 0.4) is 0 Å². The maximum atomic E-state index is 11.9. The predicted molar refractivity (Wildman–Crippen MR) is 116 cm³/mol. The Hall–Kier alpha value is -3.26. The average molecular weight is 407 g/mol. The molecule has 2 N–H and O–H groups in total. The lowest BCUT2D eigenvalue weighted by molar-refractivity contribution is -0.117. The van der Waals surface area contributed by atoms with E-state index in [0.717, 1.165) is 35.5 Å². The van der Waals surface area contributed by atoms with E-state index >= 15 is 0 Å². The fraction of sp³-hybridized carbons (Fsp3) is 0.238. The van der Waals surface area contributed by atoms with E-state index < -0.39 is 0 Å². The second-order valence-corrected chi connectivity index (χ2v) is 7.24. The van der Waals surface area contributed by atoms with Crippen molar-refractivity contribution in [1.82, 2.24) is 15.5 Å². The Balaban J connectivity index is 1.35. The second-order valence-electron chi connectivity index (χ2n) is 6.83. The van der Waals surface area contributed by atoms with Crippen LogP contribution in [0.4, 0.5) is 11.4 Å². The topological polar surface area (TPSA) is 83.3 Å². The van der Waals surface area contributed by atoms with E-state index in [2.05, 4.69) is 20.8 Å². The molecule has 1 aromatic heterocycles. The van der Waals surface area contributed by atoms with Crippen molar-refractivity contribution in [2.45, 2.75) is 26.3 Å². The zero-order valence-electron chi connectivity index (χ0n) is 16.0. The summed E-state index contributed by atoms with van der Waals surface area (Å²) in [6.45, 7) is 3.08. The zero-order valence-corrected chi connectivity index (χ0v) is 16.8. The largest absolute Gasteiger partial charge is 0.353 e. The highest BCUT2D eigenvalue weighted by atomic mass is 32.1. The fourth-order valence-corrected chi connectivity index (χ4v) is 3.45. The van der Waals surface area contributed by atoms with Gasteiger partial charge in [-0.15, -0.1) is 0 Å². The molecule has 0 atom stereocenters. The zero-order chi connectivity index (χ0) is 20.2. The Morgan fingerprint density at radius 2 is 2.10 bits per heavy atom. The summed E-state index contributed by atoms with van der Waals surface area (Å²) in [6.07, 6.45) is 1.50. The van der Waals surface area contributed by atoms with Gasteiger partial charge in [-0.05, 0) is 49.3 Å². The van der Waals surface area contributed by atoms with E-state index in [1.807, 2.05) is 55.5 Å². The van der Waals surface area contributed by atoms with Gasteiger partial charge in [0.05, 0.1) is 6.54 Å². The van der Waals surface area contributed by atoms with E-state index in [0.29, 0.717) is 29.8 Å². The molecule has 2 aromatic carbocycles. The summed E-state index contributed by atoms with van der Waals surface area (Å²) in [5, 5.41) is 10.7. The maximum absolute atomic E-state index is 11.9. The highest BCUT2D eigenvalue weighted by molar-refractivity contribution is 7.80. The summed E-state index contributed by atoms with van der Waals surface area (Å²) in [4.78, 5) is 18.2. The standard InChI is InChI=1S/C21H21N5O2S/c1-14-6-2-3-9-17(14)20-24-18(28-25-20)13-22-21(29)23-15-7-4-8-16(12-15)26-11-5-10-19(26)27/h2-4,6-9,12H,5,10-11,13H2,1H3,(H2,22,23,29). The average Bonchev–Trinajstić information content (AvgIpc) is 3.36. The first-order valence-electron chi connectivity index (χ1n) is 9.44. The molecular weight excluding hydrogens is 386 g/mol. The lowest BCUT2D eigenvalue weighted by Crippen LogP contribution is -2.28. The van der Waals surface area contributed by atoms with Crippen LogP contribution in [-0.2, 0) is 11.3 Å². The van der Waals surface area contributed by atoms with Gasteiger partial charge in [0.2, 0.25) is 17.6 Å². The number of aromatic nitrogens is 2. The molecular formula is C21H21N5O2S. The molecule has 0 saturated carbocycles. The number of rotatable bonds is 5.